The average Bonchev–Trinajstić information content (AvgIpc) is 2.25. The summed E-state index contributed by atoms with van der Waals surface area (Å²) in [7, 11) is 0. The van der Waals surface area contributed by atoms with Crippen LogP contribution in [-0.4, -0.2) is 5.97 Å². The fraction of sp³-hybridized carbons (Fsp3) is 0. The third-order valence-electron chi connectivity index (χ3n) is 1.51. The Balaban J connectivity index is 2.50. The molecule has 0 saturated heterocycles. The highest BCUT2D eigenvalue weighted by atomic mass is 35.5. The monoisotopic (exact) mass is 208 g/mol. The van der Waals surface area contributed by atoms with Crippen molar-refractivity contribution in [1.29, 1.82) is 0 Å². The molecule has 0 atom stereocenters. The minimum Gasteiger partial charge on any atom is -0.344 e. The lowest BCUT2D eigenvalue weighted by Gasteiger charge is -1.88. The lowest BCUT2D eigenvalue weighted by Crippen LogP contribution is -1.87. The van der Waals surface area contributed by atoms with Crippen molar-refractivity contribution in [2.45, 2.75) is 0 Å². The summed E-state index contributed by atoms with van der Waals surface area (Å²) in [6.07, 6.45) is 6.42. The summed E-state index contributed by atoms with van der Waals surface area (Å²) in [4.78, 5) is 10.5. The summed E-state index contributed by atoms with van der Waals surface area (Å²) in [5, 5.41) is 0. The third kappa shape index (κ3) is 3.92. The summed E-state index contributed by atoms with van der Waals surface area (Å²) in [6.45, 7) is 0. The van der Waals surface area contributed by atoms with Crippen LogP contribution in [-0.2, 0) is 9.08 Å². The van der Waals surface area contributed by atoms with E-state index in [0.717, 1.165) is 5.56 Å². The first-order chi connectivity index (χ1) is 6.83. The van der Waals surface area contributed by atoms with Gasteiger partial charge in [-0.05, 0) is 5.56 Å². The van der Waals surface area contributed by atoms with Crippen molar-refractivity contribution in [1.82, 2.24) is 0 Å². The Morgan fingerprint density at radius 1 is 1.21 bits per heavy atom. The Bertz CT molecular complexity index is 342. The van der Waals surface area contributed by atoms with Gasteiger partial charge in [0.2, 0.25) is 0 Å². The minimum absolute atomic E-state index is 0.579. The van der Waals surface area contributed by atoms with Crippen molar-refractivity contribution >= 4 is 23.9 Å². The van der Waals surface area contributed by atoms with Crippen LogP contribution < -0.4 is 0 Å². The lowest BCUT2D eigenvalue weighted by molar-refractivity contribution is -0.128. The second-order valence-electron chi connectivity index (χ2n) is 2.53. The van der Waals surface area contributed by atoms with E-state index in [9.17, 15) is 4.79 Å². The molecular weight excluding hydrogens is 200 g/mol. The molecule has 0 spiro atoms. The molecule has 0 N–H and O–H groups in total. The Morgan fingerprint density at radius 3 is 2.57 bits per heavy atom. The molecule has 2 nitrogen and oxygen atoms in total. The second kappa shape index (κ2) is 6.00. The average molecular weight is 209 g/mol. The first kappa shape index (κ1) is 10.5. The number of hydrogen-bond donors (Lipinski definition) is 0. The van der Waals surface area contributed by atoms with Gasteiger partial charge in [0, 0.05) is 6.08 Å². The van der Waals surface area contributed by atoms with Gasteiger partial charge in [0.05, 0.1) is 0 Å². The van der Waals surface area contributed by atoms with Crippen molar-refractivity contribution in [3.8, 4) is 0 Å². The number of carbonyl (C=O) groups is 1. The number of hydrogen-bond acceptors (Lipinski definition) is 2. The molecule has 0 amide bonds. The van der Waals surface area contributed by atoms with Gasteiger partial charge in [0.15, 0.2) is 0 Å². The van der Waals surface area contributed by atoms with E-state index in [0.29, 0.717) is 0 Å². The maximum absolute atomic E-state index is 10.5. The van der Waals surface area contributed by atoms with Crippen molar-refractivity contribution < 1.29 is 9.08 Å². The van der Waals surface area contributed by atoms with E-state index in [1.807, 2.05) is 36.4 Å². The smallest absolute Gasteiger partial charge is 0.344 e. The van der Waals surface area contributed by atoms with Crippen molar-refractivity contribution in [3.63, 3.8) is 0 Å². The molecule has 0 fully saturated rings. The topological polar surface area (TPSA) is 26.3 Å². The molecule has 14 heavy (non-hydrogen) atoms. The maximum Gasteiger partial charge on any atom is 0.349 e. The summed E-state index contributed by atoms with van der Waals surface area (Å²) in [5.41, 5.74) is 1.07. The zero-order valence-corrected chi connectivity index (χ0v) is 8.15. The molecule has 3 heteroatoms. The van der Waals surface area contributed by atoms with Crippen molar-refractivity contribution in [2.75, 3.05) is 0 Å². The van der Waals surface area contributed by atoms with Gasteiger partial charge in [-0.2, -0.15) is 0 Å². The van der Waals surface area contributed by atoms with Gasteiger partial charge >= 0.3 is 5.97 Å². The zero-order chi connectivity index (χ0) is 10.2. The van der Waals surface area contributed by atoms with E-state index < -0.39 is 5.97 Å². The molecule has 0 radical (unpaired) electrons. The van der Waals surface area contributed by atoms with Gasteiger partial charge in [0.1, 0.15) is 11.9 Å². The van der Waals surface area contributed by atoms with Gasteiger partial charge in [-0.15, -0.1) is 0 Å². The summed E-state index contributed by atoms with van der Waals surface area (Å²) in [5.74, 6) is -0.579. The van der Waals surface area contributed by atoms with E-state index >= 15 is 0 Å². The zero-order valence-electron chi connectivity index (χ0n) is 7.39. The van der Waals surface area contributed by atoms with Crippen LogP contribution in [0.3, 0.4) is 0 Å². The van der Waals surface area contributed by atoms with E-state index in [-0.39, 0.29) is 0 Å². The summed E-state index contributed by atoms with van der Waals surface area (Å²) < 4.78 is 3.92. The molecular formula is C11H9ClO2. The van der Waals surface area contributed by atoms with Crippen molar-refractivity contribution in [3.05, 3.63) is 54.1 Å². The summed E-state index contributed by atoms with van der Waals surface area (Å²) in [6, 6.07) is 9.75. The molecule has 0 bridgehead atoms. The number of halogens is 1. The largest absolute Gasteiger partial charge is 0.349 e. The number of rotatable bonds is 3. The SMILES string of the molecule is O=C(/C=C/C=C/c1ccccc1)OCl. The highest BCUT2D eigenvalue weighted by Gasteiger charge is 1.89. The van der Waals surface area contributed by atoms with Crippen LogP contribution in [0.1, 0.15) is 5.56 Å². The predicted molar refractivity (Wildman–Crippen MR) is 56.6 cm³/mol. The van der Waals surface area contributed by atoms with E-state index in [1.165, 1.54) is 6.08 Å². The van der Waals surface area contributed by atoms with E-state index in [2.05, 4.69) is 4.29 Å². The Hall–Kier alpha value is -1.54. The molecule has 1 aromatic rings. The molecule has 1 rings (SSSR count). The van der Waals surface area contributed by atoms with Gasteiger partial charge in [0.25, 0.3) is 0 Å². The molecule has 0 aliphatic carbocycles. The van der Waals surface area contributed by atoms with E-state index in [4.69, 9.17) is 11.9 Å². The first-order valence-corrected chi connectivity index (χ1v) is 4.36. The van der Waals surface area contributed by atoms with Crippen LogP contribution in [0.25, 0.3) is 6.08 Å². The molecule has 0 unspecified atom stereocenters. The summed E-state index contributed by atoms with van der Waals surface area (Å²) >= 11 is 4.82. The quantitative estimate of drug-likeness (QED) is 0.564. The third-order valence-corrected chi connectivity index (χ3v) is 1.66. The molecule has 0 aromatic heterocycles. The van der Waals surface area contributed by atoms with Crippen LogP contribution >= 0.6 is 11.9 Å². The van der Waals surface area contributed by atoms with Crippen LogP contribution in [0.5, 0.6) is 0 Å². The number of benzene rings is 1. The Labute approximate surface area is 87.6 Å². The Morgan fingerprint density at radius 2 is 1.93 bits per heavy atom. The fourth-order valence-electron chi connectivity index (χ4n) is 0.891. The van der Waals surface area contributed by atoms with Crippen LogP contribution in [0, 0.1) is 0 Å². The van der Waals surface area contributed by atoms with Gasteiger partial charge in [-0.3, -0.25) is 0 Å². The fourth-order valence-corrected chi connectivity index (χ4v) is 0.942. The standard InChI is InChI=1S/C11H9ClO2/c12-14-11(13)9-5-4-8-10-6-2-1-3-7-10/h1-9H/b8-4+,9-5+. The number of carbonyl (C=O) groups excluding carboxylic acids is 1. The van der Waals surface area contributed by atoms with Crippen LogP contribution in [0.2, 0.25) is 0 Å². The highest BCUT2D eigenvalue weighted by molar-refractivity contribution is 6.14. The molecule has 0 aliphatic heterocycles. The molecule has 1 aromatic carbocycles. The molecule has 0 saturated carbocycles. The molecule has 72 valence electrons. The Kier molecular flexibility index (Phi) is 4.51. The van der Waals surface area contributed by atoms with E-state index in [1.54, 1.807) is 12.2 Å². The second-order valence-corrected chi connectivity index (χ2v) is 2.68. The molecule has 0 heterocycles. The van der Waals surface area contributed by atoms with Crippen molar-refractivity contribution in [2.24, 2.45) is 0 Å². The van der Waals surface area contributed by atoms with Gasteiger partial charge in [-0.25, -0.2) is 4.79 Å². The molecule has 0 aliphatic rings. The van der Waals surface area contributed by atoms with Gasteiger partial charge in [-0.1, -0.05) is 48.6 Å². The van der Waals surface area contributed by atoms with Gasteiger partial charge < -0.3 is 4.29 Å². The minimum atomic E-state index is -0.579. The highest BCUT2D eigenvalue weighted by Crippen LogP contribution is 2.00. The lowest BCUT2D eigenvalue weighted by atomic mass is 10.2. The normalized spacial score (nSPS) is 10.9. The number of allylic oxidation sites excluding steroid dienone is 2. The van der Waals surface area contributed by atoms with Crippen LogP contribution in [0.4, 0.5) is 0 Å². The predicted octanol–water partition coefficient (Wildman–Crippen LogP) is 2.95. The first-order valence-electron chi connectivity index (χ1n) is 4.05. The maximum atomic E-state index is 10.5. The van der Waals surface area contributed by atoms with Crippen LogP contribution in [0.15, 0.2) is 48.6 Å².